The molecule has 3 aromatic carbocycles. The van der Waals surface area contributed by atoms with Gasteiger partial charge < -0.3 is 37.3 Å². The maximum Gasteiger partial charge on any atom is 0.297 e. The second-order valence-corrected chi connectivity index (χ2v) is 12.8. The number of thioether (sulfide) groups is 1. The molecule has 0 unspecified atom stereocenters. The average molecular weight is 715 g/mol. The van der Waals surface area contributed by atoms with Gasteiger partial charge in [-0.2, -0.15) is 8.42 Å². The number of unbranched alkanes of at least 4 members (excludes halogenated alkanes) is 1. The first kappa shape index (κ1) is 35.4. The number of hydrogen-bond donors (Lipinski definition) is 0. The van der Waals surface area contributed by atoms with E-state index in [4.69, 9.17) is 37.3 Å². The molecule has 260 valence electrons. The number of rotatable bonds is 16. The summed E-state index contributed by atoms with van der Waals surface area (Å²) in [5.41, 5.74) is 0.486. The third-order valence-corrected chi connectivity index (χ3v) is 9.54. The van der Waals surface area contributed by atoms with Crippen molar-refractivity contribution in [1.29, 1.82) is 0 Å². The molecule has 0 aliphatic rings. The van der Waals surface area contributed by atoms with Crippen molar-refractivity contribution in [2.75, 3.05) is 55.0 Å². The van der Waals surface area contributed by atoms with Crippen LogP contribution in [0.3, 0.4) is 0 Å². The molecule has 16 heteroatoms. The Morgan fingerprint density at radius 1 is 0.776 bits per heavy atom. The van der Waals surface area contributed by atoms with Gasteiger partial charge in [-0.25, -0.2) is 0 Å². The zero-order chi connectivity index (χ0) is 35.1. The standard InChI is InChI=1S/C33H34N2O12S2/c1-39-20-17-22(40-2)27-23(18-20)46-29(19-15-24(41-3)30(43-5)25(16-19)42-4)31(28(27)36)45-13-9-10-14-48-33-35-34-32(47-33)21-11-7-8-12-26(21)49(37,38)44-6/h7-8,11-12,15-18H,9-10,13-14H2,1-6H3. The van der Waals surface area contributed by atoms with Gasteiger partial charge in [0.15, 0.2) is 17.3 Å². The Morgan fingerprint density at radius 3 is 2.14 bits per heavy atom. The van der Waals surface area contributed by atoms with Gasteiger partial charge in [-0.1, -0.05) is 23.9 Å². The highest BCUT2D eigenvalue weighted by molar-refractivity contribution is 7.99. The summed E-state index contributed by atoms with van der Waals surface area (Å²) in [6.45, 7) is 0.171. The first-order valence-electron chi connectivity index (χ1n) is 14.7. The molecule has 0 saturated heterocycles. The lowest BCUT2D eigenvalue weighted by molar-refractivity contribution is 0.301. The third-order valence-electron chi connectivity index (χ3n) is 7.30. The van der Waals surface area contributed by atoms with Crippen molar-refractivity contribution in [1.82, 2.24) is 10.2 Å². The molecule has 0 spiro atoms. The maximum atomic E-state index is 14.0. The molecule has 0 saturated carbocycles. The summed E-state index contributed by atoms with van der Waals surface area (Å²) in [6.07, 6.45) is 1.20. The lowest BCUT2D eigenvalue weighted by Gasteiger charge is -2.17. The van der Waals surface area contributed by atoms with Crippen molar-refractivity contribution in [2.45, 2.75) is 23.0 Å². The molecular formula is C33H34N2O12S2. The topological polar surface area (TPSA) is 168 Å². The fourth-order valence-corrected chi connectivity index (χ4v) is 6.53. The van der Waals surface area contributed by atoms with Gasteiger partial charge >= 0.3 is 0 Å². The van der Waals surface area contributed by atoms with E-state index in [9.17, 15) is 13.2 Å². The number of hydrogen-bond acceptors (Lipinski definition) is 15. The van der Waals surface area contributed by atoms with Crippen LogP contribution in [0.2, 0.25) is 0 Å². The molecule has 0 aliphatic carbocycles. The first-order chi connectivity index (χ1) is 23.7. The van der Waals surface area contributed by atoms with E-state index in [-0.39, 0.29) is 56.4 Å². The van der Waals surface area contributed by atoms with E-state index < -0.39 is 15.5 Å². The SMILES string of the molecule is COc1cc(OC)c2c(=O)c(OCCCCSc3nnc(-c4ccccc4S(=O)(=O)OC)o3)c(-c3cc(OC)c(OC)c(OC)c3)oc2c1. The molecule has 14 nitrogen and oxygen atoms in total. The molecule has 0 aliphatic heterocycles. The van der Waals surface area contributed by atoms with E-state index in [0.29, 0.717) is 47.2 Å². The number of ether oxygens (including phenoxy) is 6. The predicted octanol–water partition coefficient (Wildman–Crippen LogP) is 5.84. The summed E-state index contributed by atoms with van der Waals surface area (Å²) in [5, 5.41) is 8.51. The quantitative estimate of drug-likeness (QED) is 0.0679. The Kier molecular flexibility index (Phi) is 11.2. The Balaban J connectivity index is 1.36. The number of benzene rings is 3. The minimum absolute atomic E-state index is 0.0240. The van der Waals surface area contributed by atoms with Crippen LogP contribution in [-0.4, -0.2) is 73.6 Å². The van der Waals surface area contributed by atoms with E-state index in [0.717, 1.165) is 7.11 Å². The van der Waals surface area contributed by atoms with Crippen molar-refractivity contribution >= 4 is 32.8 Å². The minimum Gasteiger partial charge on any atom is -0.496 e. The van der Waals surface area contributed by atoms with Gasteiger partial charge in [-0.3, -0.25) is 8.98 Å². The molecule has 5 aromatic rings. The maximum absolute atomic E-state index is 14.0. The van der Waals surface area contributed by atoms with Crippen LogP contribution in [0.25, 0.3) is 33.7 Å². The van der Waals surface area contributed by atoms with Crippen LogP contribution in [0.15, 0.2) is 72.3 Å². The highest BCUT2D eigenvalue weighted by Gasteiger charge is 2.25. The lowest BCUT2D eigenvalue weighted by Crippen LogP contribution is -2.12. The van der Waals surface area contributed by atoms with Crippen LogP contribution in [0.1, 0.15) is 12.8 Å². The Hall–Kier alpha value is -4.93. The average Bonchev–Trinajstić information content (AvgIpc) is 3.61. The molecular weight excluding hydrogens is 680 g/mol. The summed E-state index contributed by atoms with van der Waals surface area (Å²) >= 11 is 1.30. The lowest BCUT2D eigenvalue weighted by atomic mass is 10.1. The van der Waals surface area contributed by atoms with Crippen LogP contribution < -0.4 is 33.8 Å². The summed E-state index contributed by atoms with van der Waals surface area (Å²) in [6, 6.07) is 12.7. The van der Waals surface area contributed by atoms with Crippen molar-refractivity contribution in [2.24, 2.45) is 0 Å². The van der Waals surface area contributed by atoms with E-state index in [1.54, 1.807) is 42.5 Å². The van der Waals surface area contributed by atoms with E-state index in [2.05, 4.69) is 14.4 Å². The largest absolute Gasteiger partial charge is 0.496 e. The fraction of sp³-hybridized carbons (Fsp3) is 0.303. The van der Waals surface area contributed by atoms with Crippen LogP contribution in [-0.2, 0) is 14.3 Å². The number of nitrogens with zero attached hydrogens (tertiary/aromatic N) is 2. The normalized spacial score (nSPS) is 11.4. The molecule has 0 amide bonds. The van der Waals surface area contributed by atoms with E-state index in [1.165, 1.54) is 53.4 Å². The highest BCUT2D eigenvalue weighted by Crippen LogP contribution is 2.44. The molecule has 0 N–H and O–H groups in total. The van der Waals surface area contributed by atoms with Gasteiger partial charge in [0.1, 0.15) is 27.4 Å². The van der Waals surface area contributed by atoms with Gasteiger partial charge in [0.05, 0.1) is 54.8 Å². The van der Waals surface area contributed by atoms with Crippen LogP contribution in [0.4, 0.5) is 0 Å². The molecule has 0 atom stereocenters. The molecule has 0 fully saturated rings. The smallest absolute Gasteiger partial charge is 0.297 e. The van der Waals surface area contributed by atoms with Crippen LogP contribution in [0.5, 0.6) is 34.5 Å². The fourth-order valence-electron chi connectivity index (χ4n) is 4.92. The van der Waals surface area contributed by atoms with Gasteiger partial charge in [0, 0.05) is 23.4 Å². The summed E-state index contributed by atoms with van der Waals surface area (Å²) in [4.78, 5) is 13.9. The van der Waals surface area contributed by atoms with Crippen LogP contribution in [0, 0.1) is 0 Å². The van der Waals surface area contributed by atoms with Crippen LogP contribution >= 0.6 is 11.8 Å². The monoisotopic (exact) mass is 714 g/mol. The minimum atomic E-state index is -3.98. The Morgan fingerprint density at radius 2 is 1.49 bits per heavy atom. The van der Waals surface area contributed by atoms with Gasteiger partial charge in [-0.05, 0) is 37.1 Å². The third kappa shape index (κ3) is 7.40. The van der Waals surface area contributed by atoms with Crippen molar-refractivity contribution in [3.63, 3.8) is 0 Å². The van der Waals surface area contributed by atoms with Crippen molar-refractivity contribution in [3.05, 3.63) is 58.8 Å². The summed E-state index contributed by atoms with van der Waals surface area (Å²) < 4.78 is 74.9. The van der Waals surface area contributed by atoms with Crippen molar-refractivity contribution in [3.8, 4) is 57.3 Å². The summed E-state index contributed by atoms with van der Waals surface area (Å²) in [5.74, 6) is 2.55. The molecule has 0 bridgehead atoms. The first-order valence-corrected chi connectivity index (χ1v) is 17.1. The zero-order valence-corrected chi connectivity index (χ0v) is 29.2. The second-order valence-electron chi connectivity index (χ2n) is 10.1. The number of fused-ring (bicyclic) bond motifs is 1. The van der Waals surface area contributed by atoms with Crippen molar-refractivity contribution < 1.29 is 49.9 Å². The highest BCUT2D eigenvalue weighted by atomic mass is 32.2. The molecule has 49 heavy (non-hydrogen) atoms. The zero-order valence-electron chi connectivity index (χ0n) is 27.6. The van der Waals surface area contributed by atoms with E-state index in [1.807, 2.05) is 0 Å². The van der Waals surface area contributed by atoms with Gasteiger partial charge in [0.25, 0.3) is 15.3 Å². The molecule has 0 radical (unpaired) electrons. The molecule has 2 heterocycles. The van der Waals surface area contributed by atoms with Gasteiger partial charge in [-0.15, -0.1) is 10.2 Å². The predicted molar refractivity (Wildman–Crippen MR) is 180 cm³/mol. The van der Waals surface area contributed by atoms with E-state index >= 15 is 0 Å². The number of methoxy groups -OCH3 is 5. The molecule has 2 aromatic heterocycles. The Bertz CT molecular complexity index is 2090. The summed E-state index contributed by atoms with van der Waals surface area (Å²) in [7, 11) is 4.53. The number of aromatic nitrogens is 2. The molecule has 5 rings (SSSR count). The second kappa shape index (κ2) is 15.5. The van der Waals surface area contributed by atoms with Gasteiger partial charge in [0.2, 0.25) is 22.8 Å². The Labute approximate surface area is 286 Å².